The van der Waals surface area contributed by atoms with Crippen LogP contribution in [0, 0.1) is 20.8 Å². The average molecular weight is 453 g/mol. The lowest BCUT2D eigenvalue weighted by atomic mass is 10.0. The summed E-state index contributed by atoms with van der Waals surface area (Å²) in [6, 6.07) is 20.3. The molecular weight excluding hydrogens is 428 g/mol. The van der Waals surface area contributed by atoms with Gasteiger partial charge in [0, 0.05) is 22.7 Å². The van der Waals surface area contributed by atoms with E-state index in [0.717, 1.165) is 39.4 Å². The Labute approximate surface area is 196 Å². The van der Waals surface area contributed by atoms with Gasteiger partial charge in [-0.25, -0.2) is 9.97 Å². The normalized spacial score (nSPS) is 11.1. The van der Waals surface area contributed by atoms with Gasteiger partial charge in [-0.3, -0.25) is 4.79 Å². The van der Waals surface area contributed by atoms with E-state index in [-0.39, 0.29) is 12.3 Å². The maximum atomic E-state index is 13.1. The number of imidazole rings is 1. The largest absolute Gasteiger partial charge is 0.303 e. The summed E-state index contributed by atoms with van der Waals surface area (Å²) in [4.78, 5) is 22.6. The second-order valence-corrected chi connectivity index (χ2v) is 9.08. The van der Waals surface area contributed by atoms with Crippen molar-refractivity contribution in [1.82, 2.24) is 14.4 Å². The number of nitrogens with zero attached hydrogens (tertiary/aromatic N) is 3. The molecule has 5 rings (SSSR count). The molecule has 1 N–H and O–H groups in total. The number of carbonyl (C=O) groups is 1. The molecule has 0 fully saturated rings. The first-order valence-corrected chi connectivity index (χ1v) is 11.7. The molecule has 1 amide bonds. The third-order valence-electron chi connectivity index (χ3n) is 5.87. The monoisotopic (exact) mass is 452 g/mol. The number of hydrogen-bond donors (Lipinski definition) is 1. The quantitative estimate of drug-likeness (QED) is 0.344. The number of amides is 1. The van der Waals surface area contributed by atoms with Gasteiger partial charge in [0.2, 0.25) is 5.91 Å². The molecule has 0 atom stereocenters. The molecule has 2 aromatic carbocycles. The van der Waals surface area contributed by atoms with Crippen LogP contribution in [0.4, 0.5) is 5.13 Å². The summed E-state index contributed by atoms with van der Waals surface area (Å²) in [5, 5.41) is 5.53. The number of aryl methyl sites for hydroxylation is 3. The summed E-state index contributed by atoms with van der Waals surface area (Å²) in [5.74, 6) is -0.114. The summed E-state index contributed by atoms with van der Waals surface area (Å²) < 4.78 is 2.02. The molecular formula is C27H24N4OS. The topological polar surface area (TPSA) is 59.3 Å². The number of hydrogen-bond acceptors (Lipinski definition) is 4. The van der Waals surface area contributed by atoms with Crippen molar-refractivity contribution in [2.45, 2.75) is 27.2 Å². The van der Waals surface area contributed by atoms with Crippen LogP contribution in [0.2, 0.25) is 0 Å². The fourth-order valence-electron chi connectivity index (χ4n) is 3.93. The van der Waals surface area contributed by atoms with Crippen molar-refractivity contribution in [2.75, 3.05) is 5.32 Å². The molecule has 0 spiro atoms. The van der Waals surface area contributed by atoms with Gasteiger partial charge in [0.15, 0.2) is 5.13 Å². The molecule has 0 saturated heterocycles. The van der Waals surface area contributed by atoms with Gasteiger partial charge in [-0.1, -0.05) is 48.5 Å². The van der Waals surface area contributed by atoms with E-state index in [9.17, 15) is 4.79 Å². The molecule has 0 aliphatic heterocycles. The summed E-state index contributed by atoms with van der Waals surface area (Å²) >= 11 is 1.43. The van der Waals surface area contributed by atoms with Crippen LogP contribution in [0.3, 0.4) is 0 Å². The SMILES string of the molecule is Cc1ccc(-c2nc3c(C)cccn3c2CC(=O)Nc2nc(-c3ccccc3)cs2)cc1C. The summed E-state index contributed by atoms with van der Waals surface area (Å²) in [5.41, 5.74) is 8.99. The zero-order valence-corrected chi connectivity index (χ0v) is 19.6. The molecule has 0 aliphatic carbocycles. The second kappa shape index (κ2) is 8.64. The zero-order chi connectivity index (χ0) is 22.9. The molecule has 33 heavy (non-hydrogen) atoms. The Kier molecular flexibility index (Phi) is 5.52. The summed E-state index contributed by atoms with van der Waals surface area (Å²) in [7, 11) is 0. The van der Waals surface area contributed by atoms with Crippen molar-refractivity contribution in [3.8, 4) is 22.5 Å². The first-order chi connectivity index (χ1) is 16.0. The van der Waals surface area contributed by atoms with E-state index in [1.165, 1.54) is 22.5 Å². The predicted molar refractivity (Wildman–Crippen MR) is 135 cm³/mol. The van der Waals surface area contributed by atoms with E-state index in [0.29, 0.717) is 5.13 Å². The fraction of sp³-hybridized carbons (Fsp3) is 0.148. The van der Waals surface area contributed by atoms with Gasteiger partial charge in [-0.15, -0.1) is 11.3 Å². The van der Waals surface area contributed by atoms with Crippen molar-refractivity contribution >= 4 is 28.0 Å². The van der Waals surface area contributed by atoms with Crippen molar-refractivity contribution < 1.29 is 4.79 Å². The van der Waals surface area contributed by atoms with Crippen LogP contribution in [0.1, 0.15) is 22.4 Å². The Bertz CT molecular complexity index is 1470. The molecule has 0 bridgehead atoms. The highest BCUT2D eigenvalue weighted by Gasteiger charge is 2.19. The number of nitrogens with one attached hydrogen (secondary N) is 1. The highest BCUT2D eigenvalue weighted by Crippen LogP contribution is 2.29. The minimum absolute atomic E-state index is 0.114. The molecule has 5 aromatic rings. The van der Waals surface area contributed by atoms with E-state index in [2.05, 4.69) is 42.3 Å². The van der Waals surface area contributed by atoms with Gasteiger partial charge in [0.1, 0.15) is 5.65 Å². The van der Waals surface area contributed by atoms with Gasteiger partial charge < -0.3 is 9.72 Å². The Hall–Kier alpha value is -3.77. The number of thiazole rings is 1. The zero-order valence-electron chi connectivity index (χ0n) is 18.8. The van der Waals surface area contributed by atoms with Gasteiger partial charge in [-0.05, 0) is 49.6 Å². The number of fused-ring (bicyclic) bond motifs is 1. The molecule has 6 heteroatoms. The lowest BCUT2D eigenvalue weighted by Crippen LogP contribution is -2.16. The first kappa shape index (κ1) is 21.1. The number of benzene rings is 2. The van der Waals surface area contributed by atoms with Gasteiger partial charge in [0.25, 0.3) is 0 Å². The maximum absolute atomic E-state index is 13.1. The van der Waals surface area contributed by atoms with Crippen LogP contribution in [0.5, 0.6) is 0 Å². The van der Waals surface area contributed by atoms with Crippen LogP contribution < -0.4 is 5.32 Å². The minimum Gasteiger partial charge on any atom is -0.303 e. The Balaban J connectivity index is 1.47. The second-order valence-electron chi connectivity index (χ2n) is 8.22. The van der Waals surface area contributed by atoms with Crippen molar-refractivity contribution in [3.63, 3.8) is 0 Å². The van der Waals surface area contributed by atoms with Gasteiger partial charge >= 0.3 is 0 Å². The van der Waals surface area contributed by atoms with E-state index in [1.54, 1.807) is 0 Å². The molecule has 0 radical (unpaired) electrons. The minimum atomic E-state index is -0.114. The number of pyridine rings is 1. The molecule has 0 unspecified atom stereocenters. The summed E-state index contributed by atoms with van der Waals surface area (Å²) in [6.45, 7) is 6.23. The molecule has 0 saturated carbocycles. The smallest absolute Gasteiger partial charge is 0.232 e. The highest BCUT2D eigenvalue weighted by atomic mass is 32.1. The Morgan fingerprint density at radius 1 is 0.909 bits per heavy atom. The van der Waals surface area contributed by atoms with E-state index >= 15 is 0 Å². The molecule has 3 aromatic heterocycles. The highest BCUT2D eigenvalue weighted by molar-refractivity contribution is 7.14. The van der Waals surface area contributed by atoms with Crippen molar-refractivity contribution in [2.24, 2.45) is 0 Å². The Morgan fingerprint density at radius 3 is 2.52 bits per heavy atom. The van der Waals surface area contributed by atoms with E-state index < -0.39 is 0 Å². The van der Waals surface area contributed by atoms with Crippen LogP contribution in [-0.2, 0) is 11.2 Å². The predicted octanol–water partition coefficient (Wildman–Crippen LogP) is 6.23. The number of aromatic nitrogens is 3. The molecule has 164 valence electrons. The number of carbonyl (C=O) groups excluding carboxylic acids is 1. The van der Waals surface area contributed by atoms with E-state index in [1.807, 2.05) is 65.4 Å². The third-order valence-corrected chi connectivity index (χ3v) is 6.63. The number of rotatable bonds is 5. The first-order valence-electron chi connectivity index (χ1n) is 10.8. The fourth-order valence-corrected chi connectivity index (χ4v) is 4.67. The maximum Gasteiger partial charge on any atom is 0.232 e. The Morgan fingerprint density at radius 2 is 1.73 bits per heavy atom. The third kappa shape index (κ3) is 4.17. The van der Waals surface area contributed by atoms with Crippen LogP contribution in [-0.4, -0.2) is 20.3 Å². The molecule has 3 heterocycles. The number of anilines is 1. The van der Waals surface area contributed by atoms with Crippen LogP contribution >= 0.6 is 11.3 Å². The van der Waals surface area contributed by atoms with Gasteiger partial charge in [0.05, 0.1) is 23.5 Å². The standard InChI is InChI=1S/C27H24N4OS/c1-17-11-12-21(14-19(17)3)25-23(31-13-7-8-18(2)26(31)30-25)15-24(32)29-27-28-22(16-33-27)20-9-5-4-6-10-20/h4-14,16H,15H2,1-3H3,(H,28,29,32). The molecule has 5 nitrogen and oxygen atoms in total. The average Bonchev–Trinajstić information content (AvgIpc) is 3.42. The molecule has 0 aliphatic rings. The van der Waals surface area contributed by atoms with Crippen LogP contribution in [0.15, 0.2) is 72.2 Å². The van der Waals surface area contributed by atoms with Crippen molar-refractivity contribution in [3.05, 3.63) is 94.6 Å². The summed E-state index contributed by atoms with van der Waals surface area (Å²) in [6.07, 6.45) is 2.17. The lowest BCUT2D eigenvalue weighted by Gasteiger charge is -2.08. The van der Waals surface area contributed by atoms with E-state index in [4.69, 9.17) is 4.98 Å². The van der Waals surface area contributed by atoms with Gasteiger partial charge in [-0.2, -0.15) is 0 Å². The lowest BCUT2D eigenvalue weighted by molar-refractivity contribution is -0.115. The van der Waals surface area contributed by atoms with Crippen molar-refractivity contribution in [1.29, 1.82) is 0 Å². The van der Waals surface area contributed by atoms with Crippen LogP contribution in [0.25, 0.3) is 28.2 Å².